The number of carbonyl (C=O) groups excluding carboxylic acids is 1. The standard InChI is InChI=1S/C22H35ClN4O4Si/c1-15-12-16(13-27(15)21(28)31-22(2,3)4)30-19-17-8-9-26(18(17)24-20(23)25-19)14-29-10-11-32(5,6)7/h8-9,15-16H,10-14H2,1-7H3/t15-,16+/m0/s1. The highest BCUT2D eigenvalue weighted by molar-refractivity contribution is 6.76. The lowest BCUT2D eigenvalue weighted by molar-refractivity contribution is 0.0223. The Hall–Kier alpha value is -1.84. The van der Waals surface area contributed by atoms with Gasteiger partial charge in [0.15, 0.2) is 5.65 Å². The van der Waals surface area contributed by atoms with Crippen LogP contribution in [0, 0.1) is 0 Å². The lowest BCUT2D eigenvalue weighted by Crippen LogP contribution is -2.39. The maximum absolute atomic E-state index is 12.5. The molecule has 1 fully saturated rings. The highest BCUT2D eigenvalue weighted by Crippen LogP contribution is 2.30. The van der Waals surface area contributed by atoms with Crippen LogP contribution in [-0.2, 0) is 16.2 Å². The number of hydrogen-bond donors (Lipinski definition) is 0. The summed E-state index contributed by atoms with van der Waals surface area (Å²) in [5.41, 5.74) is 0.130. The van der Waals surface area contributed by atoms with Crippen LogP contribution in [0.1, 0.15) is 34.1 Å². The van der Waals surface area contributed by atoms with Crippen molar-refractivity contribution in [1.82, 2.24) is 19.4 Å². The van der Waals surface area contributed by atoms with Crippen LogP contribution in [0.3, 0.4) is 0 Å². The van der Waals surface area contributed by atoms with E-state index < -0.39 is 13.7 Å². The molecule has 0 bridgehead atoms. The number of aromatic nitrogens is 3. The molecule has 0 radical (unpaired) electrons. The first-order valence-corrected chi connectivity index (χ1v) is 15.2. The Kier molecular flexibility index (Phi) is 7.41. The summed E-state index contributed by atoms with van der Waals surface area (Å²) in [6, 6.07) is 3.02. The monoisotopic (exact) mass is 482 g/mol. The number of ether oxygens (including phenoxy) is 3. The van der Waals surface area contributed by atoms with Crippen LogP contribution in [-0.4, -0.2) is 64.5 Å². The second-order valence-electron chi connectivity index (χ2n) is 10.6. The van der Waals surface area contributed by atoms with Gasteiger partial charge < -0.3 is 23.7 Å². The van der Waals surface area contributed by atoms with Crippen LogP contribution in [0.25, 0.3) is 11.0 Å². The second kappa shape index (κ2) is 9.57. The summed E-state index contributed by atoms with van der Waals surface area (Å²) in [6.07, 6.45) is 2.05. The average molecular weight is 483 g/mol. The van der Waals surface area contributed by atoms with Gasteiger partial charge in [0.1, 0.15) is 18.4 Å². The largest absolute Gasteiger partial charge is 0.472 e. The maximum atomic E-state index is 12.5. The van der Waals surface area contributed by atoms with Crippen molar-refractivity contribution in [3.63, 3.8) is 0 Å². The SMILES string of the molecule is C[C@H]1C[C@@H](Oc2nc(Cl)nc3c2ccn3COCC[Si](C)(C)C)CN1C(=O)OC(C)(C)C. The van der Waals surface area contributed by atoms with E-state index in [1.165, 1.54) is 0 Å². The number of fused-ring (bicyclic) bond motifs is 1. The summed E-state index contributed by atoms with van der Waals surface area (Å²) in [5, 5.41) is 0.885. The molecule has 1 aliphatic heterocycles. The molecule has 0 spiro atoms. The quantitative estimate of drug-likeness (QED) is 0.307. The van der Waals surface area contributed by atoms with Gasteiger partial charge in [0, 0.05) is 33.3 Å². The Morgan fingerprint density at radius 1 is 1.28 bits per heavy atom. The minimum absolute atomic E-state index is 0.00650. The Labute approximate surface area is 196 Å². The molecule has 3 rings (SSSR count). The summed E-state index contributed by atoms with van der Waals surface area (Å²) in [6.45, 7) is 16.1. The lowest BCUT2D eigenvalue weighted by Gasteiger charge is -2.26. The van der Waals surface area contributed by atoms with Gasteiger partial charge in [-0.2, -0.15) is 9.97 Å². The van der Waals surface area contributed by atoms with Gasteiger partial charge in [0.2, 0.25) is 11.2 Å². The summed E-state index contributed by atoms with van der Waals surface area (Å²) in [7, 11) is -1.14. The van der Waals surface area contributed by atoms with E-state index in [0.717, 1.165) is 18.0 Å². The number of hydrogen-bond acceptors (Lipinski definition) is 6. The number of nitrogens with zero attached hydrogens (tertiary/aromatic N) is 4. The van der Waals surface area contributed by atoms with Crippen molar-refractivity contribution in [1.29, 1.82) is 0 Å². The normalized spacial score (nSPS) is 19.6. The summed E-state index contributed by atoms with van der Waals surface area (Å²) in [5.74, 6) is 0.420. The van der Waals surface area contributed by atoms with Gasteiger partial charge >= 0.3 is 6.09 Å². The van der Waals surface area contributed by atoms with Gasteiger partial charge in [0.25, 0.3) is 0 Å². The smallest absolute Gasteiger partial charge is 0.410 e. The summed E-state index contributed by atoms with van der Waals surface area (Å²) < 4.78 is 19.5. The molecule has 32 heavy (non-hydrogen) atoms. The van der Waals surface area contributed by atoms with E-state index in [-0.39, 0.29) is 23.5 Å². The molecule has 10 heteroatoms. The third-order valence-corrected chi connectivity index (χ3v) is 7.10. The molecule has 0 unspecified atom stereocenters. The number of halogens is 1. The molecule has 3 heterocycles. The Bertz CT molecular complexity index is 954. The Balaban J connectivity index is 1.69. The van der Waals surface area contributed by atoms with Crippen LogP contribution in [0.2, 0.25) is 31.0 Å². The molecule has 178 valence electrons. The number of carbonyl (C=O) groups is 1. The number of rotatable bonds is 7. The van der Waals surface area contributed by atoms with Gasteiger partial charge in [-0.25, -0.2) is 4.79 Å². The third-order valence-electron chi connectivity index (χ3n) is 5.23. The van der Waals surface area contributed by atoms with Crippen LogP contribution < -0.4 is 4.74 Å². The first-order chi connectivity index (χ1) is 14.8. The fourth-order valence-corrected chi connectivity index (χ4v) is 4.46. The molecule has 2 atom stereocenters. The van der Waals surface area contributed by atoms with Gasteiger partial charge in [0.05, 0.1) is 11.9 Å². The van der Waals surface area contributed by atoms with E-state index in [1.807, 2.05) is 44.5 Å². The van der Waals surface area contributed by atoms with Crippen LogP contribution in [0.4, 0.5) is 4.79 Å². The van der Waals surface area contributed by atoms with Crippen molar-refractivity contribution in [2.75, 3.05) is 13.2 Å². The molecule has 8 nitrogen and oxygen atoms in total. The van der Waals surface area contributed by atoms with Crippen LogP contribution >= 0.6 is 11.6 Å². The number of likely N-dealkylation sites (tertiary alicyclic amines) is 1. The predicted molar refractivity (Wildman–Crippen MR) is 128 cm³/mol. The second-order valence-corrected chi connectivity index (χ2v) is 16.6. The van der Waals surface area contributed by atoms with Gasteiger partial charge in [-0.3, -0.25) is 0 Å². The first kappa shape index (κ1) is 24.8. The highest BCUT2D eigenvalue weighted by atomic mass is 35.5. The van der Waals surface area contributed by atoms with E-state index in [4.69, 9.17) is 25.8 Å². The molecular formula is C22H35ClN4O4Si. The maximum Gasteiger partial charge on any atom is 0.410 e. The Morgan fingerprint density at radius 3 is 2.66 bits per heavy atom. The fourth-order valence-electron chi connectivity index (χ4n) is 3.55. The zero-order valence-corrected chi connectivity index (χ0v) is 21.9. The molecular weight excluding hydrogens is 448 g/mol. The van der Waals surface area contributed by atoms with Crippen molar-refractivity contribution in [3.05, 3.63) is 17.5 Å². The van der Waals surface area contributed by atoms with Crippen molar-refractivity contribution in [3.8, 4) is 5.88 Å². The fraction of sp³-hybridized carbons (Fsp3) is 0.682. The van der Waals surface area contributed by atoms with Crippen molar-refractivity contribution < 1.29 is 19.0 Å². The zero-order valence-electron chi connectivity index (χ0n) is 20.1. The molecule has 0 aliphatic carbocycles. The first-order valence-electron chi connectivity index (χ1n) is 11.1. The van der Waals surface area contributed by atoms with Gasteiger partial charge in [-0.05, 0) is 51.4 Å². The minimum atomic E-state index is -1.14. The topological polar surface area (TPSA) is 78.7 Å². The molecule has 2 aromatic heterocycles. The molecule has 1 aliphatic rings. The van der Waals surface area contributed by atoms with Crippen LogP contribution in [0.5, 0.6) is 5.88 Å². The van der Waals surface area contributed by atoms with E-state index >= 15 is 0 Å². The molecule has 0 aromatic carbocycles. The number of amides is 1. The highest BCUT2D eigenvalue weighted by Gasteiger charge is 2.36. The predicted octanol–water partition coefficient (Wildman–Crippen LogP) is 5.17. The lowest BCUT2D eigenvalue weighted by atomic mass is 10.2. The van der Waals surface area contributed by atoms with Crippen LogP contribution in [0.15, 0.2) is 12.3 Å². The summed E-state index contributed by atoms with van der Waals surface area (Å²) in [4.78, 5) is 22.9. The van der Waals surface area contributed by atoms with Gasteiger partial charge in [-0.1, -0.05) is 19.6 Å². The van der Waals surface area contributed by atoms with E-state index in [0.29, 0.717) is 31.2 Å². The molecule has 2 aromatic rings. The molecule has 0 N–H and O–H groups in total. The minimum Gasteiger partial charge on any atom is -0.472 e. The molecule has 1 saturated heterocycles. The van der Waals surface area contributed by atoms with Crippen molar-refractivity contribution in [2.45, 2.75) is 84.3 Å². The van der Waals surface area contributed by atoms with E-state index in [2.05, 4.69) is 29.6 Å². The van der Waals surface area contributed by atoms with Crippen molar-refractivity contribution >= 4 is 36.8 Å². The average Bonchev–Trinajstić information content (AvgIpc) is 3.20. The Morgan fingerprint density at radius 2 is 2.00 bits per heavy atom. The molecule has 0 saturated carbocycles. The zero-order chi connectivity index (χ0) is 23.7. The van der Waals surface area contributed by atoms with E-state index in [1.54, 1.807) is 4.90 Å². The van der Waals surface area contributed by atoms with E-state index in [9.17, 15) is 4.79 Å². The van der Waals surface area contributed by atoms with Gasteiger partial charge in [-0.15, -0.1) is 0 Å². The molecule has 1 amide bonds. The van der Waals surface area contributed by atoms with Crippen molar-refractivity contribution in [2.24, 2.45) is 0 Å². The summed E-state index contributed by atoms with van der Waals surface area (Å²) >= 11 is 6.20. The third kappa shape index (κ3) is 6.58.